The number of carbonyl (C=O) groups is 3. The fourth-order valence-electron chi connectivity index (χ4n) is 8.79. The highest BCUT2D eigenvalue weighted by molar-refractivity contribution is 5.71. The molecule has 0 amide bonds. The van der Waals surface area contributed by atoms with Gasteiger partial charge in [-0.05, 0) is 109 Å². The zero-order chi connectivity index (χ0) is 51.4. The van der Waals surface area contributed by atoms with E-state index in [1.54, 1.807) is 0 Å². The van der Waals surface area contributed by atoms with Gasteiger partial charge in [0.25, 0.3) is 0 Å². The Morgan fingerprint density at radius 2 is 0.507 bits per heavy atom. The van der Waals surface area contributed by atoms with E-state index in [2.05, 4.69) is 81.5 Å². The maximum absolute atomic E-state index is 12.9. The van der Waals surface area contributed by atoms with E-state index in [-0.39, 0.29) is 31.1 Å². The number of rotatable bonds is 56. The molecule has 0 saturated heterocycles. The number of unbranched alkanes of at least 4 members (excludes halogenated alkanes) is 35. The maximum Gasteiger partial charge on any atom is 0.306 e. The van der Waals surface area contributed by atoms with Gasteiger partial charge in [-0.15, -0.1) is 0 Å². The first-order valence-corrected chi connectivity index (χ1v) is 30.8. The predicted octanol–water partition coefficient (Wildman–Crippen LogP) is 20.8. The predicted molar refractivity (Wildman–Crippen MR) is 307 cm³/mol. The molecule has 0 heterocycles. The van der Waals surface area contributed by atoms with Gasteiger partial charge in [0.1, 0.15) is 13.2 Å². The van der Waals surface area contributed by atoms with Crippen molar-refractivity contribution in [2.45, 2.75) is 322 Å². The van der Waals surface area contributed by atoms with Crippen LogP contribution >= 0.6 is 0 Å². The standard InChI is InChI=1S/C65H116O6/c1-4-7-10-13-16-19-22-25-28-30-32-34-37-40-43-46-49-52-55-58-64(67)70-61-62(60-69-63(66)57-54-51-48-45-42-39-36-27-24-21-18-15-12-9-6-3)71-65(68)59-56-53-50-47-44-41-38-35-33-31-29-26-23-20-17-14-11-8-5-2/h16,18-19,21,25-29,36,62H,4-15,17,20,22-24,30-35,37-61H2,1-3H3/b19-16-,21-18-,28-25-,29-26-,36-27-/t62-/m1/s1. The number of ether oxygens (including phenoxy) is 3. The first kappa shape index (κ1) is 68.1. The van der Waals surface area contributed by atoms with Crippen LogP contribution in [0.1, 0.15) is 316 Å². The SMILES string of the molecule is CCCCC/C=C\C/C=C\CCCCCCCCCCCC(=O)OC[C@@H](COC(=O)CCCCCCC/C=C\C/C=C\CCCCC)OC(=O)CCCCCCCCCCC/C=C\CCCCCCCC. The number of hydrogen-bond donors (Lipinski definition) is 0. The lowest BCUT2D eigenvalue weighted by Gasteiger charge is -2.18. The molecule has 0 aromatic carbocycles. The van der Waals surface area contributed by atoms with Gasteiger partial charge >= 0.3 is 17.9 Å². The summed E-state index contributed by atoms with van der Waals surface area (Å²) in [7, 11) is 0. The van der Waals surface area contributed by atoms with Crippen molar-refractivity contribution in [2.75, 3.05) is 13.2 Å². The molecule has 0 saturated carbocycles. The molecular formula is C65H116O6. The molecule has 71 heavy (non-hydrogen) atoms. The Morgan fingerprint density at radius 3 is 0.817 bits per heavy atom. The van der Waals surface area contributed by atoms with E-state index in [9.17, 15) is 14.4 Å². The average molecular weight is 994 g/mol. The van der Waals surface area contributed by atoms with Crippen LogP contribution in [-0.4, -0.2) is 37.2 Å². The molecule has 0 radical (unpaired) electrons. The third-order valence-electron chi connectivity index (χ3n) is 13.5. The van der Waals surface area contributed by atoms with Crippen LogP contribution in [0, 0.1) is 0 Å². The Balaban J connectivity index is 4.38. The van der Waals surface area contributed by atoms with E-state index in [4.69, 9.17) is 14.2 Å². The first-order valence-electron chi connectivity index (χ1n) is 30.8. The summed E-state index contributed by atoms with van der Waals surface area (Å²) in [5.74, 6) is -0.886. The minimum absolute atomic E-state index is 0.0804. The van der Waals surface area contributed by atoms with Crippen molar-refractivity contribution in [1.29, 1.82) is 0 Å². The smallest absolute Gasteiger partial charge is 0.306 e. The lowest BCUT2D eigenvalue weighted by Crippen LogP contribution is -2.30. The summed E-state index contributed by atoms with van der Waals surface area (Å²) >= 11 is 0. The van der Waals surface area contributed by atoms with E-state index in [1.807, 2.05) is 0 Å². The molecule has 0 unspecified atom stereocenters. The molecular weight excluding hydrogens is 877 g/mol. The number of allylic oxidation sites excluding steroid dienone is 10. The van der Waals surface area contributed by atoms with Crippen molar-refractivity contribution < 1.29 is 28.6 Å². The largest absolute Gasteiger partial charge is 0.462 e. The van der Waals surface area contributed by atoms with Gasteiger partial charge in [-0.1, -0.05) is 248 Å². The average Bonchev–Trinajstić information content (AvgIpc) is 3.37. The summed E-state index contributed by atoms with van der Waals surface area (Å²) in [6, 6.07) is 0. The second-order valence-corrected chi connectivity index (χ2v) is 20.6. The Kier molecular flexibility index (Phi) is 57.2. The summed E-state index contributed by atoms with van der Waals surface area (Å²) in [6.07, 6.45) is 74.9. The molecule has 0 fully saturated rings. The molecule has 412 valence electrons. The molecule has 0 aliphatic heterocycles. The molecule has 6 nitrogen and oxygen atoms in total. The lowest BCUT2D eigenvalue weighted by molar-refractivity contribution is -0.167. The Labute approximate surface area is 440 Å². The summed E-state index contributed by atoms with van der Waals surface area (Å²) in [5, 5.41) is 0. The second-order valence-electron chi connectivity index (χ2n) is 20.6. The Bertz CT molecular complexity index is 1280. The van der Waals surface area contributed by atoms with Crippen molar-refractivity contribution in [1.82, 2.24) is 0 Å². The maximum atomic E-state index is 12.9. The van der Waals surface area contributed by atoms with Gasteiger partial charge in [0, 0.05) is 19.3 Å². The van der Waals surface area contributed by atoms with Gasteiger partial charge in [-0.25, -0.2) is 0 Å². The van der Waals surface area contributed by atoms with Gasteiger partial charge in [0.2, 0.25) is 0 Å². The van der Waals surface area contributed by atoms with Crippen LogP contribution in [0.4, 0.5) is 0 Å². The van der Waals surface area contributed by atoms with Gasteiger partial charge in [0.15, 0.2) is 6.10 Å². The van der Waals surface area contributed by atoms with Gasteiger partial charge < -0.3 is 14.2 Å². The summed E-state index contributed by atoms with van der Waals surface area (Å²) < 4.78 is 16.9. The van der Waals surface area contributed by atoms with Crippen molar-refractivity contribution in [3.63, 3.8) is 0 Å². The third kappa shape index (κ3) is 57.9. The minimum atomic E-state index is -0.783. The number of esters is 3. The highest BCUT2D eigenvalue weighted by Crippen LogP contribution is 2.16. The molecule has 0 aliphatic rings. The molecule has 0 aromatic heterocycles. The monoisotopic (exact) mass is 993 g/mol. The normalized spacial score (nSPS) is 12.4. The van der Waals surface area contributed by atoms with Gasteiger partial charge in [0.05, 0.1) is 0 Å². The molecule has 0 aliphatic carbocycles. The molecule has 6 heteroatoms. The highest BCUT2D eigenvalue weighted by Gasteiger charge is 2.19. The molecule has 0 N–H and O–H groups in total. The van der Waals surface area contributed by atoms with Crippen molar-refractivity contribution in [3.05, 3.63) is 60.8 Å². The van der Waals surface area contributed by atoms with Crippen molar-refractivity contribution in [3.8, 4) is 0 Å². The van der Waals surface area contributed by atoms with Crippen LogP contribution < -0.4 is 0 Å². The van der Waals surface area contributed by atoms with E-state index < -0.39 is 6.10 Å². The molecule has 0 bridgehead atoms. The fourth-order valence-corrected chi connectivity index (χ4v) is 8.79. The fraction of sp³-hybridized carbons (Fsp3) is 0.800. The van der Waals surface area contributed by atoms with Crippen LogP contribution in [0.5, 0.6) is 0 Å². The van der Waals surface area contributed by atoms with Crippen LogP contribution in [0.15, 0.2) is 60.8 Å². The topological polar surface area (TPSA) is 78.9 Å². The Hall–Kier alpha value is -2.89. The highest BCUT2D eigenvalue weighted by atomic mass is 16.6. The Morgan fingerprint density at radius 1 is 0.282 bits per heavy atom. The van der Waals surface area contributed by atoms with Crippen LogP contribution in [0.3, 0.4) is 0 Å². The van der Waals surface area contributed by atoms with Crippen molar-refractivity contribution >= 4 is 17.9 Å². The third-order valence-corrected chi connectivity index (χ3v) is 13.5. The lowest BCUT2D eigenvalue weighted by atomic mass is 10.1. The van der Waals surface area contributed by atoms with Gasteiger partial charge in [-0.2, -0.15) is 0 Å². The summed E-state index contributed by atoms with van der Waals surface area (Å²) in [6.45, 7) is 6.60. The van der Waals surface area contributed by atoms with E-state index >= 15 is 0 Å². The molecule has 0 spiro atoms. The minimum Gasteiger partial charge on any atom is -0.462 e. The second kappa shape index (κ2) is 59.7. The van der Waals surface area contributed by atoms with Crippen LogP contribution in [0.25, 0.3) is 0 Å². The summed E-state index contributed by atoms with van der Waals surface area (Å²) in [5.41, 5.74) is 0. The van der Waals surface area contributed by atoms with E-state index in [0.717, 1.165) is 83.5 Å². The molecule has 0 rings (SSSR count). The zero-order valence-electron chi connectivity index (χ0n) is 47.2. The van der Waals surface area contributed by atoms with Crippen LogP contribution in [0.2, 0.25) is 0 Å². The van der Waals surface area contributed by atoms with E-state index in [1.165, 1.54) is 193 Å². The van der Waals surface area contributed by atoms with Crippen molar-refractivity contribution in [2.24, 2.45) is 0 Å². The number of carbonyl (C=O) groups excluding carboxylic acids is 3. The quantitative estimate of drug-likeness (QED) is 0.0261. The van der Waals surface area contributed by atoms with E-state index in [0.29, 0.717) is 19.3 Å². The van der Waals surface area contributed by atoms with Crippen LogP contribution in [-0.2, 0) is 28.6 Å². The first-order chi connectivity index (χ1) is 35.0. The molecule has 1 atom stereocenters. The molecule has 0 aromatic rings. The summed E-state index contributed by atoms with van der Waals surface area (Å²) in [4.78, 5) is 38.3. The zero-order valence-corrected chi connectivity index (χ0v) is 47.2. The number of hydrogen-bond acceptors (Lipinski definition) is 6. The van der Waals surface area contributed by atoms with Gasteiger partial charge in [-0.3, -0.25) is 14.4 Å².